The van der Waals surface area contributed by atoms with E-state index < -0.39 is 0 Å². The summed E-state index contributed by atoms with van der Waals surface area (Å²) < 4.78 is 0.228. The molecule has 104 valence electrons. The molecule has 0 bridgehead atoms. The van der Waals surface area contributed by atoms with E-state index in [-0.39, 0.29) is 4.75 Å². The molecule has 0 heterocycles. The Morgan fingerprint density at radius 1 is 1.00 bits per heavy atom. The Kier molecular flexibility index (Phi) is 3.93. The third-order valence-corrected chi connectivity index (χ3v) is 6.05. The van der Waals surface area contributed by atoms with Gasteiger partial charge in [0, 0.05) is 4.75 Å². The fourth-order valence-corrected chi connectivity index (χ4v) is 4.83. The van der Waals surface area contributed by atoms with Crippen molar-refractivity contribution in [2.75, 3.05) is 0 Å². The van der Waals surface area contributed by atoms with Crippen LogP contribution in [0, 0.1) is 11.8 Å². The van der Waals surface area contributed by atoms with Crippen molar-refractivity contribution in [3.05, 3.63) is 35.4 Å². The smallest absolute Gasteiger partial charge is 0.0135 e. The number of benzene rings is 1. The van der Waals surface area contributed by atoms with E-state index in [1.807, 2.05) is 0 Å². The average Bonchev–Trinajstić information content (AvgIpc) is 2.86. The van der Waals surface area contributed by atoms with Gasteiger partial charge in [-0.25, -0.2) is 0 Å². The summed E-state index contributed by atoms with van der Waals surface area (Å²) in [5, 5.41) is 0. The Hall–Kier alpha value is -0.430. The first-order chi connectivity index (χ1) is 9.17. The van der Waals surface area contributed by atoms with E-state index in [0.717, 1.165) is 11.8 Å². The van der Waals surface area contributed by atoms with Gasteiger partial charge in [0.2, 0.25) is 0 Å². The summed E-state index contributed by atoms with van der Waals surface area (Å²) in [6, 6.07) is 9.05. The van der Waals surface area contributed by atoms with Crippen molar-refractivity contribution in [3.63, 3.8) is 0 Å². The SMILES string of the molecule is CC1(S)CCc2ccccc2CCCC2CCCC21. The molecule has 0 N–H and O–H groups in total. The summed E-state index contributed by atoms with van der Waals surface area (Å²) in [7, 11) is 0. The number of fused-ring (bicyclic) bond motifs is 2. The third-order valence-electron chi connectivity index (χ3n) is 5.50. The lowest BCUT2D eigenvalue weighted by Crippen LogP contribution is -2.32. The molecule has 0 aliphatic heterocycles. The van der Waals surface area contributed by atoms with Crippen LogP contribution in [0.2, 0.25) is 0 Å². The first-order valence-electron chi connectivity index (χ1n) is 7.96. The van der Waals surface area contributed by atoms with E-state index in [1.54, 1.807) is 11.1 Å². The van der Waals surface area contributed by atoms with Gasteiger partial charge in [0.15, 0.2) is 0 Å². The second-order valence-corrected chi connectivity index (χ2v) is 7.84. The molecule has 19 heavy (non-hydrogen) atoms. The summed E-state index contributed by atoms with van der Waals surface area (Å²) in [4.78, 5) is 0. The molecule has 0 nitrogen and oxygen atoms in total. The Morgan fingerprint density at radius 2 is 1.68 bits per heavy atom. The molecule has 0 aromatic heterocycles. The molecule has 0 spiro atoms. The van der Waals surface area contributed by atoms with Gasteiger partial charge in [0.1, 0.15) is 0 Å². The quantitative estimate of drug-likeness (QED) is 0.628. The van der Waals surface area contributed by atoms with Crippen LogP contribution in [0.5, 0.6) is 0 Å². The molecule has 2 aliphatic rings. The minimum Gasteiger partial charge on any atom is -0.172 e. The van der Waals surface area contributed by atoms with E-state index in [0.29, 0.717) is 0 Å². The summed E-state index contributed by atoms with van der Waals surface area (Å²) in [5.41, 5.74) is 3.15. The summed E-state index contributed by atoms with van der Waals surface area (Å²) in [6.45, 7) is 2.39. The molecule has 1 aromatic carbocycles. The van der Waals surface area contributed by atoms with Crippen molar-refractivity contribution in [2.45, 2.75) is 63.0 Å². The molecule has 3 unspecified atom stereocenters. The highest BCUT2D eigenvalue weighted by Crippen LogP contribution is 2.46. The maximum atomic E-state index is 5.08. The van der Waals surface area contributed by atoms with E-state index in [2.05, 4.69) is 31.2 Å². The lowest BCUT2D eigenvalue weighted by molar-refractivity contribution is 0.278. The summed E-state index contributed by atoms with van der Waals surface area (Å²) in [6.07, 6.45) is 10.8. The maximum absolute atomic E-state index is 5.08. The Labute approximate surface area is 123 Å². The Morgan fingerprint density at radius 3 is 2.47 bits per heavy atom. The largest absolute Gasteiger partial charge is 0.172 e. The molecular formula is C18H26S. The van der Waals surface area contributed by atoms with Gasteiger partial charge in [-0.15, -0.1) is 0 Å². The van der Waals surface area contributed by atoms with Gasteiger partial charge < -0.3 is 0 Å². The number of rotatable bonds is 0. The number of aryl methyl sites for hydroxylation is 2. The predicted molar refractivity (Wildman–Crippen MR) is 85.9 cm³/mol. The highest BCUT2D eigenvalue weighted by atomic mass is 32.1. The van der Waals surface area contributed by atoms with Crippen LogP contribution in [0.15, 0.2) is 24.3 Å². The normalized spacial score (nSPS) is 35.5. The molecule has 2 aliphatic carbocycles. The van der Waals surface area contributed by atoms with Crippen LogP contribution >= 0.6 is 12.6 Å². The van der Waals surface area contributed by atoms with Gasteiger partial charge in [0.05, 0.1) is 0 Å². The van der Waals surface area contributed by atoms with Gasteiger partial charge in [-0.1, -0.05) is 44.0 Å². The highest BCUT2D eigenvalue weighted by Gasteiger charge is 2.39. The third kappa shape index (κ3) is 2.86. The summed E-state index contributed by atoms with van der Waals surface area (Å²) in [5.74, 6) is 1.79. The monoisotopic (exact) mass is 274 g/mol. The van der Waals surface area contributed by atoms with Crippen LogP contribution in [0.1, 0.15) is 56.6 Å². The van der Waals surface area contributed by atoms with Crippen molar-refractivity contribution in [3.8, 4) is 0 Å². The fraction of sp³-hybridized carbons (Fsp3) is 0.667. The van der Waals surface area contributed by atoms with Crippen LogP contribution in [-0.2, 0) is 12.8 Å². The van der Waals surface area contributed by atoms with Crippen molar-refractivity contribution < 1.29 is 0 Å². The van der Waals surface area contributed by atoms with Crippen LogP contribution in [0.3, 0.4) is 0 Å². The molecule has 1 fully saturated rings. The maximum Gasteiger partial charge on any atom is 0.0135 e. The standard InChI is InChI=1S/C18H26S/c1-18(19)13-12-15-7-3-2-6-14(15)8-4-9-16-10-5-11-17(16)18/h2-3,6-7,16-17,19H,4-5,8-13H2,1H3. The zero-order chi connectivity index (χ0) is 13.3. The van der Waals surface area contributed by atoms with Crippen LogP contribution in [0.25, 0.3) is 0 Å². The molecule has 1 heteroatoms. The van der Waals surface area contributed by atoms with E-state index in [1.165, 1.54) is 51.4 Å². The molecule has 1 saturated carbocycles. The number of hydrogen-bond acceptors (Lipinski definition) is 1. The molecule has 3 rings (SSSR count). The first-order valence-corrected chi connectivity index (χ1v) is 8.41. The van der Waals surface area contributed by atoms with Gasteiger partial charge >= 0.3 is 0 Å². The zero-order valence-electron chi connectivity index (χ0n) is 12.1. The van der Waals surface area contributed by atoms with Gasteiger partial charge in [0.25, 0.3) is 0 Å². The van der Waals surface area contributed by atoms with E-state index in [9.17, 15) is 0 Å². The van der Waals surface area contributed by atoms with Gasteiger partial charge in [-0.05, 0) is 61.5 Å². The van der Waals surface area contributed by atoms with E-state index >= 15 is 0 Å². The lowest BCUT2D eigenvalue weighted by Gasteiger charge is -2.36. The Bertz CT molecular complexity index is 435. The lowest BCUT2D eigenvalue weighted by atomic mass is 9.77. The van der Waals surface area contributed by atoms with Crippen LogP contribution < -0.4 is 0 Å². The minimum atomic E-state index is 0.228. The summed E-state index contributed by atoms with van der Waals surface area (Å²) >= 11 is 5.08. The molecule has 1 aromatic rings. The molecule has 0 amide bonds. The molecular weight excluding hydrogens is 248 g/mol. The van der Waals surface area contributed by atoms with Crippen LogP contribution in [0.4, 0.5) is 0 Å². The predicted octanol–water partition coefficient (Wildman–Crippen LogP) is 5.06. The Balaban J connectivity index is 1.85. The number of thiol groups is 1. The van der Waals surface area contributed by atoms with Gasteiger partial charge in [-0.2, -0.15) is 12.6 Å². The molecule has 0 saturated heterocycles. The topological polar surface area (TPSA) is 0 Å². The average molecular weight is 274 g/mol. The fourth-order valence-electron chi connectivity index (χ4n) is 4.37. The molecule has 3 atom stereocenters. The van der Waals surface area contributed by atoms with Crippen LogP contribution in [-0.4, -0.2) is 4.75 Å². The van der Waals surface area contributed by atoms with Crippen molar-refractivity contribution >= 4 is 12.6 Å². The number of hydrogen-bond donors (Lipinski definition) is 1. The zero-order valence-corrected chi connectivity index (χ0v) is 13.0. The highest BCUT2D eigenvalue weighted by molar-refractivity contribution is 7.81. The second-order valence-electron chi connectivity index (χ2n) is 6.82. The van der Waals surface area contributed by atoms with E-state index in [4.69, 9.17) is 12.6 Å². The van der Waals surface area contributed by atoms with Crippen molar-refractivity contribution in [2.24, 2.45) is 11.8 Å². The van der Waals surface area contributed by atoms with Crippen molar-refractivity contribution in [1.82, 2.24) is 0 Å². The van der Waals surface area contributed by atoms with Crippen molar-refractivity contribution in [1.29, 1.82) is 0 Å². The second kappa shape index (κ2) is 5.52. The first kappa shape index (κ1) is 13.5. The molecule has 0 radical (unpaired) electrons. The van der Waals surface area contributed by atoms with Gasteiger partial charge in [-0.3, -0.25) is 0 Å². The minimum absolute atomic E-state index is 0.228.